The Kier molecular flexibility index (Phi) is 6.84. The first-order valence-electron chi connectivity index (χ1n) is 3.61. The lowest BCUT2D eigenvalue weighted by Crippen LogP contribution is -2.15. The molecule has 0 bridgehead atoms. The number of hydrogen-bond acceptors (Lipinski definition) is 1. The second-order valence-corrected chi connectivity index (χ2v) is 4.47. The van der Waals surface area contributed by atoms with E-state index in [4.69, 9.17) is 39.9 Å². The van der Waals surface area contributed by atoms with Crippen LogP contribution in [0.5, 0.6) is 0 Å². The van der Waals surface area contributed by atoms with E-state index in [0.29, 0.717) is 12.8 Å². The van der Waals surface area contributed by atoms with Crippen LogP contribution in [0.4, 0.5) is 0 Å². The lowest BCUT2D eigenvalue weighted by atomic mass is 10.0. The van der Waals surface area contributed by atoms with Gasteiger partial charge in [0.1, 0.15) is 4.84 Å². The predicted molar refractivity (Wildman–Crippen MR) is 50.6 cm³/mol. The molecule has 0 aliphatic heterocycles. The molecule has 0 aromatic carbocycles. The van der Waals surface area contributed by atoms with Crippen LogP contribution >= 0.6 is 34.8 Å². The maximum Gasteiger partial charge on any atom is 0.109 e. The highest BCUT2D eigenvalue weighted by Crippen LogP contribution is 2.22. The van der Waals surface area contributed by atoms with Gasteiger partial charge in [0.2, 0.25) is 0 Å². The quantitative estimate of drug-likeness (QED) is 0.705. The first-order chi connectivity index (χ1) is 5.07. The van der Waals surface area contributed by atoms with E-state index in [2.05, 4.69) is 0 Å². The molecule has 0 aliphatic carbocycles. The van der Waals surface area contributed by atoms with Gasteiger partial charge in [-0.15, -0.1) is 34.8 Å². The van der Waals surface area contributed by atoms with Crippen LogP contribution in [0.2, 0.25) is 0 Å². The Morgan fingerprint density at radius 1 is 1.27 bits per heavy atom. The molecule has 1 nitrogen and oxygen atoms in total. The number of hydrogen-bond donors (Lipinski definition) is 1. The van der Waals surface area contributed by atoms with Crippen molar-refractivity contribution in [1.29, 1.82) is 0 Å². The summed E-state index contributed by atoms with van der Waals surface area (Å²) >= 11 is 17.0. The van der Waals surface area contributed by atoms with E-state index < -0.39 is 4.84 Å². The number of aliphatic hydroxyl groups is 1. The largest absolute Gasteiger partial charge is 0.396 e. The van der Waals surface area contributed by atoms with E-state index in [1.165, 1.54) is 0 Å². The van der Waals surface area contributed by atoms with Crippen LogP contribution in [0.25, 0.3) is 0 Å². The molecule has 0 rings (SSSR count). The minimum Gasteiger partial charge on any atom is -0.396 e. The van der Waals surface area contributed by atoms with Crippen molar-refractivity contribution in [2.45, 2.75) is 30.0 Å². The van der Waals surface area contributed by atoms with Gasteiger partial charge in [-0.05, 0) is 18.8 Å². The van der Waals surface area contributed by atoms with E-state index >= 15 is 0 Å². The van der Waals surface area contributed by atoms with Crippen LogP contribution in [0, 0.1) is 5.92 Å². The summed E-state index contributed by atoms with van der Waals surface area (Å²) in [5.74, 6) is 0.265. The molecule has 0 saturated heterocycles. The van der Waals surface area contributed by atoms with Crippen LogP contribution in [0.1, 0.15) is 19.8 Å². The summed E-state index contributed by atoms with van der Waals surface area (Å²) in [5.41, 5.74) is 0. The van der Waals surface area contributed by atoms with Gasteiger partial charge in [0, 0.05) is 12.0 Å². The Bertz CT molecular complexity index is 97.7. The van der Waals surface area contributed by atoms with Gasteiger partial charge < -0.3 is 5.11 Å². The van der Waals surface area contributed by atoms with Crippen molar-refractivity contribution in [3.8, 4) is 0 Å². The van der Waals surface area contributed by atoms with E-state index in [0.717, 1.165) is 0 Å². The fraction of sp³-hybridized carbons (Fsp3) is 1.00. The molecule has 0 spiro atoms. The topological polar surface area (TPSA) is 20.2 Å². The third kappa shape index (κ3) is 6.03. The fourth-order valence-corrected chi connectivity index (χ4v) is 1.66. The Balaban J connectivity index is 3.54. The smallest absolute Gasteiger partial charge is 0.109 e. The SMILES string of the molecule is CC(CCO)C(Cl)CC(Cl)Cl. The van der Waals surface area contributed by atoms with Gasteiger partial charge in [0.05, 0.1) is 0 Å². The van der Waals surface area contributed by atoms with Gasteiger partial charge >= 0.3 is 0 Å². The van der Waals surface area contributed by atoms with Crippen molar-refractivity contribution in [2.75, 3.05) is 6.61 Å². The lowest BCUT2D eigenvalue weighted by Gasteiger charge is -2.16. The van der Waals surface area contributed by atoms with Crippen molar-refractivity contribution in [3.63, 3.8) is 0 Å². The molecule has 4 heteroatoms. The van der Waals surface area contributed by atoms with E-state index in [9.17, 15) is 0 Å². The average Bonchev–Trinajstić information content (AvgIpc) is 1.86. The van der Waals surface area contributed by atoms with Crippen LogP contribution in [-0.2, 0) is 0 Å². The second kappa shape index (κ2) is 6.36. The molecule has 0 amide bonds. The van der Waals surface area contributed by atoms with Crippen LogP contribution in [0.15, 0.2) is 0 Å². The molecular weight excluding hydrogens is 206 g/mol. The van der Waals surface area contributed by atoms with Gasteiger partial charge in [-0.25, -0.2) is 0 Å². The second-order valence-electron chi connectivity index (χ2n) is 2.63. The Morgan fingerprint density at radius 2 is 1.82 bits per heavy atom. The summed E-state index contributed by atoms with van der Waals surface area (Å²) in [7, 11) is 0. The Morgan fingerprint density at radius 3 is 2.18 bits per heavy atom. The fourth-order valence-electron chi connectivity index (χ4n) is 0.787. The molecule has 0 aromatic heterocycles. The number of alkyl halides is 3. The van der Waals surface area contributed by atoms with Gasteiger partial charge in [-0.3, -0.25) is 0 Å². The van der Waals surface area contributed by atoms with Crippen molar-refractivity contribution in [2.24, 2.45) is 5.92 Å². The summed E-state index contributed by atoms with van der Waals surface area (Å²) in [6.07, 6.45) is 1.28. The zero-order valence-electron chi connectivity index (χ0n) is 6.43. The van der Waals surface area contributed by atoms with Crippen LogP contribution in [0.3, 0.4) is 0 Å². The summed E-state index contributed by atoms with van der Waals surface area (Å²) in [6.45, 7) is 2.14. The molecule has 2 atom stereocenters. The third-order valence-electron chi connectivity index (χ3n) is 1.61. The third-order valence-corrected chi connectivity index (χ3v) is 2.57. The zero-order chi connectivity index (χ0) is 8.85. The minimum atomic E-state index is -0.404. The van der Waals surface area contributed by atoms with Gasteiger partial charge in [0.15, 0.2) is 0 Å². The van der Waals surface area contributed by atoms with E-state index in [1.54, 1.807) is 0 Å². The molecule has 0 saturated carbocycles. The normalized spacial score (nSPS) is 16.9. The van der Waals surface area contributed by atoms with Gasteiger partial charge in [0.25, 0.3) is 0 Å². The molecule has 11 heavy (non-hydrogen) atoms. The van der Waals surface area contributed by atoms with Crippen LogP contribution < -0.4 is 0 Å². The Hall–Kier alpha value is 0.830. The van der Waals surface area contributed by atoms with Gasteiger partial charge in [-0.1, -0.05) is 6.92 Å². The summed E-state index contributed by atoms with van der Waals surface area (Å²) < 4.78 is 0. The minimum absolute atomic E-state index is 0.0397. The zero-order valence-corrected chi connectivity index (χ0v) is 8.70. The maximum atomic E-state index is 8.60. The molecule has 0 aromatic rings. The van der Waals surface area contributed by atoms with E-state index in [-0.39, 0.29) is 17.9 Å². The highest BCUT2D eigenvalue weighted by atomic mass is 35.5. The molecule has 68 valence electrons. The lowest BCUT2D eigenvalue weighted by molar-refractivity contribution is 0.259. The molecular formula is C7H13Cl3O. The monoisotopic (exact) mass is 218 g/mol. The standard InChI is InChI=1S/C7H13Cl3O/c1-5(2-3-11)6(8)4-7(9)10/h5-7,11H,2-4H2,1H3. The average molecular weight is 220 g/mol. The first-order valence-corrected chi connectivity index (χ1v) is 4.92. The summed E-state index contributed by atoms with van der Waals surface area (Å²) in [6, 6.07) is 0. The molecule has 0 fully saturated rings. The molecule has 1 N–H and O–H groups in total. The molecule has 0 heterocycles. The highest BCUT2D eigenvalue weighted by Gasteiger charge is 2.16. The number of halogens is 3. The van der Waals surface area contributed by atoms with Crippen molar-refractivity contribution in [3.05, 3.63) is 0 Å². The predicted octanol–water partition coefficient (Wildman–Crippen LogP) is 2.81. The molecule has 2 unspecified atom stereocenters. The maximum absolute atomic E-state index is 8.60. The van der Waals surface area contributed by atoms with Crippen molar-refractivity contribution < 1.29 is 5.11 Å². The van der Waals surface area contributed by atoms with Crippen LogP contribution in [-0.4, -0.2) is 21.9 Å². The first kappa shape index (κ1) is 11.8. The number of aliphatic hydroxyl groups excluding tert-OH is 1. The Labute approximate surface area is 82.6 Å². The van der Waals surface area contributed by atoms with Gasteiger partial charge in [-0.2, -0.15) is 0 Å². The number of rotatable bonds is 5. The molecule has 0 aliphatic rings. The summed E-state index contributed by atoms with van der Waals surface area (Å²) in [5, 5.41) is 8.56. The summed E-state index contributed by atoms with van der Waals surface area (Å²) in [4.78, 5) is -0.404. The van der Waals surface area contributed by atoms with Crippen molar-refractivity contribution >= 4 is 34.8 Å². The van der Waals surface area contributed by atoms with E-state index in [1.807, 2.05) is 6.92 Å². The highest BCUT2D eigenvalue weighted by molar-refractivity contribution is 6.44. The molecule has 0 radical (unpaired) electrons. The van der Waals surface area contributed by atoms with Crippen molar-refractivity contribution in [1.82, 2.24) is 0 Å².